The highest BCUT2D eigenvalue weighted by Crippen LogP contribution is 2.36. The Kier molecular flexibility index (Phi) is 4.68. The van der Waals surface area contributed by atoms with Gasteiger partial charge in [-0.25, -0.2) is 4.98 Å². The zero-order chi connectivity index (χ0) is 20.0. The van der Waals surface area contributed by atoms with Crippen molar-refractivity contribution in [2.75, 3.05) is 0 Å². The van der Waals surface area contributed by atoms with E-state index in [9.17, 15) is 10.1 Å². The van der Waals surface area contributed by atoms with E-state index >= 15 is 0 Å². The van der Waals surface area contributed by atoms with Gasteiger partial charge < -0.3 is 4.98 Å². The van der Waals surface area contributed by atoms with Crippen molar-refractivity contribution in [1.29, 1.82) is 5.26 Å². The lowest BCUT2D eigenvalue weighted by Crippen LogP contribution is -2.14. The number of hydrogen-bond donors (Lipinski definition) is 1. The van der Waals surface area contributed by atoms with Crippen LogP contribution in [0.2, 0.25) is 0 Å². The average molecular weight is 390 g/mol. The van der Waals surface area contributed by atoms with Gasteiger partial charge in [-0.1, -0.05) is 24.6 Å². The summed E-state index contributed by atoms with van der Waals surface area (Å²) in [6.45, 7) is 8.38. The monoisotopic (exact) mass is 389 g/mol. The second kappa shape index (κ2) is 7.03. The fourth-order valence-electron chi connectivity index (χ4n) is 4.19. The molecule has 142 valence electrons. The average Bonchev–Trinajstić information content (AvgIpc) is 2.98. The number of benzene rings is 1. The summed E-state index contributed by atoms with van der Waals surface area (Å²) in [4.78, 5) is 22.4. The number of nitrogens with zero attached hydrogens (tertiary/aromatic N) is 2. The molecular formula is C23H23N3OS. The highest BCUT2D eigenvalue weighted by Gasteiger charge is 2.23. The van der Waals surface area contributed by atoms with E-state index in [1.165, 1.54) is 10.4 Å². The fraction of sp³-hybridized carbons (Fsp3) is 0.348. The predicted octanol–water partition coefficient (Wildman–Crippen LogP) is 5.10. The summed E-state index contributed by atoms with van der Waals surface area (Å²) < 4.78 is 0. The molecule has 0 bridgehead atoms. The summed E-state index contributed by atoms with van der Waals surface area (Å²) in [5.74, 6) is 0.993. The van der Waals surface area contributed by atoms with Gasteiger partial charge in [0.1, 0.15) is 10.9 Å². The van der Waals surface area contributed by atoms with Gasteiger partial charge in [-0.2, -0.15) is 5.26 Å². The van der Waals surface area contributed by atoms with E-state index in [2.05, 4.69) is 42.0 Å². The number of aromatic amines is 1. The van der Waals surface area contributed by atoms with E-state index in [4.69, 9.17) is 0 Å². The van der Waals surface area contributed by atoms with Gasteiger partial charge in [0.25, 0.3) is 5.56 Å². The molecule has 1 atom stereocenters. The molecule has 28 heavy (non-hydrogen) atoms. The van der Waals surface area contributed by atoms with Gasteiger partial charge in [-0.05, 0) is 74.3 Å². The van der Waals surface area contributed by atoms with E-state index in [1.54, 1.807) is 11.3 Å². The molecule has 0 radical (unpaired) electrons. The Balaban J connectivity index is 1.86. The lowest BCUT2D eigenvalue weighted by molar-refractivity contribution is 0.509. The number of fused-ring (bicyclic) bond motifs is 3. The van der Waals surface area contributed by atoms with Crippen molar-refractivity contribution in [3.05, 3.63) is 61.0 Å². The van der Waals surface area contributed by atoms with Gasteiger partial charge in [0, 0.05) is 4.88 Å². The Hall–Kier alpha value is -2.71. The van der Waals surface area contributed by atoms with Crippen molar-refractivity contribution >= 4 is 33.2 Å². The van der Waals surface area contributed by atoms with Crippen LogP contribution in [0.4, 0.5) is 0 Å². The van der Waals surface area contributed by atoms with E-state index < -0.39 is 0 Å². The minimum absolute atomic E-state index is 0.134. The number of hydrogen-bond acceptors (Lipinski definition) is 4. The Morgan fingerprint density at radius 1 is 1.32 bits per heavy atom. The minimum atomic E-state index is -0.134. The number of rotatable bonds is 2. The van der Waals surface area contributed by atoms with Crippen molar-refractivity contribution in [2.24, 2.45) is 5.92 Å². The predicted molar refractivity (Wildman–Crippen MR) is 116 cm³/mol. The summed E-state index contributed by atoms with van der Waals surface area (Å²) in [5, 5.41) is 10.5. The number of nitriles is 1. The van der Waals surface area contributed by atoms with Gasteiger partial charge in [-0.3, -0.25) is 4.79 Å². The van der Waals surface area contributed by atoms with Crippen LogP contribution in [-0.2, 0) is 12.8 Å². The van der Waals surface area contributed by atoms with Crippen molar-refractivity contribution in [3.8, 4) is 6.07 Å². The minimum Gasteiger partial charge on any atom is -0.305 e. The molecule has 0 fully saturated rings. The van der Waals surface area contributed by atoms with E-state index in [1.807, 2.05) is 19.9 Å². The number of H-pyrrole nitrogens is 1. The maximum atomic E-state index is 12.8. The Labute approximate surface area is 168 Å². The molecule has 1 aliphatic rings. The molecule has 5 heteroatoms. The third-order valence-corrected chi connectivity index (χ3v) is 6.72. The molecule has 1 unspecified atom stereocenters. The number of thiophene rings is 1. The smallest absolute Gasteiger partial charge is 0.260 e. The van der Waals surface area contributed by atoms with Crippen LogP contribution in [0.5, 0.6) is 0 Å². The van der Waals surface area contributed by atoms with Crippen LogP contribution < -0.4 is 5.56 Å². The maximum absolute atomic E-state index is 12.8. The fourth-order valence-corrected chi connectivity index (χ4v) is 5.58. The largest absolute Gasteiger partial charge is 0.305 e. The molecule has 0 aliphatic heterocycles. The molecule has 0 spiro atoms. The Bertz CT molecular complexity index is 1200. The second-order valence-electron chi connectivity index (χ2n) is 7.93. The van der Waals surface area contributed by atoms with E-state index in [0.717, 1.165) is 51.7 Å². The number of aromatic nitrogens is 2. The van der Waals surface area contributed by atoms with Crippen LogP contribution in [0.15, 0.2) is 16.9 Å². The number of allylic oxidation sites excluding steroid dienone is 1. The molecule has 4 nitrogen and oxygen atoms in total. The van der Waals surface area contributed by atoms with Crippen LogP contribution in [0.25, 0.3) is 21.9 Å². The SMILES string of the molecule is Cc1cc(C)c(/C=C(\C#N)c2nc3sc4c(c3c(=O)[nH]2)CCC(C)C4)c(C)c1. The first-order chi connectivity index (χ1) is 13.4. The lowest BCUT2D eigenvalue weighted by atomic mass is 9.89. The van der Waals surface area contributed by atoms with Crippen molar-refractivity contribution < 1.29 is 0 Å². The second-order valence-corrected chi connectivity index (χ2v) is 9.01. The Morgan fingerprint density at radius 3 is 2.71 bits per heavy atom. The summed E-state index contributed by atoms with van der Waals surface area (Å²) in [5.41, 5.74) is 5.81. The molecule has 0 saturated heterocycles. The van der Waals surface area contributed by atoms with Crippen molar-refractivity contribution in [1.82, 2.24) is 9.97 Å². The number of nitrogens with one attached hydrogen (secondary N) is 1. The molecule has 1 aliphatic carbocycles. The third-order valence-electron chi connectivity index (χ3n) is 5.57. The van der Waals surface area contributed by atoms with Crippen LogP contribution in [0.1, 0.15) is 51.9 Å². The quantitative estimate of drug-likeness (QED) is 0.620. The van der Waals surface area contributed by atoms with Crippen LogP contribution >= 0.6 is 11.3 Å². The van der Waals surface area contributed by atoms with Crippen molar-refractivity contribution in [3.63, 3.8) is 0 Å². The molecule has 1 N–H and O–H groups in total. The van der Waals surface area contributed by atoms with Crippen LogP contribution in [-0.4, -0.2) is 9.97 Å². The third kappa shape index (κ3) is 3.18. The first kappa shape index (κ1) is 18.6. The Morgan fingerprint density at radius 2 is 2.04 bits per heavy atom. The summed E-state index contributed by atoms with van der Waals surface area (Å²) in [6.07, 6.45) is 4.89. The standard InChI is InChI=1S/C23H23N3OS/c1-12-5-6-17-19(9-12)28-23-20(17)22(27)25-21(26-23)16(11-24)10-18-14(3)7-13(2)8-15(18)4/h7-8,10,12H,5-6,9H2,1-4H3,(H,25,26,27)/b16-10+. The molecule has 1 aromatic carbocycles. The molecule has 4 rings (SSSR count). The highest BCUT2D eigenvalue weighted by molar-refractivity contribution is 7.18. The molecule has 0 amide bonds. The van der Waals surface area contributed by atoms with Crippen molar-refractivity contribution in [2.45, 2.75) is 47.0 Å². The summed E-state index contributed by atoms with van der Waals surface area (Å²) >= 11 is 1.61. The molecular weight excluding hydrogens is 366 g/mol. The van der Waals surface area contributed by atoms with Gasteiger partial charge in [0.2, 0.25) is 0 Å². The first-order valence-electron chi connectivity index (χ1n) is 9.62. The van der Waals surface area contributed by atoms with Gasteiger partial charge in [-0.15, -0.1) is 11.3 Å². The van der Waals surface area contributed by atoms with Gasteiger partial charge in [0.15, 0.2) is 5.82 Å². The normalized spacial score (nSPS) is 16.8. The molecule has 0 saturated carbocycles. The van der Waals surface area contributed by atoms with Crippen LogP contribution in [0, 0.1) is 38.0 Å². The zero-order valence-corrected chi connectivity index (χ0v) is 17.5. The molecule has 3 aromatic rings. The lowest BCUT2D eigenvalue weighted by Gasteiger charge is -2.17. The molecule has 2 heterocycles. The summed E-state index contributed by atoms with van der Waals surface area (Å²) in [7, 11) is 0. The zero-order valence-electron chi connectivity index (χ0n) is 16.6. The topological polar surface area (TPSA) is 69.5 Å². The van der Waals surface area contributed by atoms with E-state index in [-0.39, 0.29) is 5.56 Å². The van der Waals surface area contributed by atoms with Gasteiger partial charge >= 0.3 is 0 Å². The van der Waals surface area contributed by atoms with Crippen LogP contribution in [0.3, 0.4) is 0 Å². The summed E-state index contributed by atoms with van der Waals surface area (Å²) in [6, 6.07) is 6.43. The molecule has 2 aromatic heterocycles. The van der Waals surface area contributed by atoms with Gasteiger partial charge in [0.05, 0.1) is 11.0 Å². The highest BCUT2D eigenvalue weighted by atomic mass is 32.1. The van der Waals surface area contributed by atoms with E-state index in [0.29, 0.717) is 17.3 Å². The number of aryl methyl sites for hydroxylation is 4. The first-order valence-corrected chi connectivity index (χ1v) is 10.4. The maximum Gasteiger partial charge on any atom is 0.260 e.